The highest BCUT2D eigenvalue weighted by atomic mass is 16.6. The van der Waals surface area contributed by atoms with Gasteiger partial charge in [-0.1, -0.05) is 57.7 Å². The van der Waals surface area contributed by atoms with Gasteiger partial charge in [-0.25, -0.2) is 4.79 Å². The second kappa shape index (κ2) is 16.8. The molecule has 3 atom stereocenters. The van der Waals surface area contributed by atoms with E-state index in [1.165, 1.54) is 0 Å². The molecule has 1 N–H and O–H groups in total. The Morgan fingerprint density at radius 3 is 2.33 bits per heavy atom. The zero-order valence-electron chi connectivity index (χ0n) is 17.9. The highest BCUT2D eigenvalue weighted by molar-refractivity contribution is 5.81. The molecule has 30 heavy (non-hydrogen) atoms. The van der Waals surface area contributed by atoms with Gasteiger partial charge in [-0.05, 0) is 30.9 Å². The van der Waals surface area contributed by atoms with Gasteiger partial charge in [0.15, 0.2) is 6.10 Å². The summed E-state index contributed by atoms with van der Waals surface area (Å²) in [4.78, 5) is 32.1. The van der Waals surface area contributed by atoms with Gasteiger partial charge in [0.2, 0.25) is 0 Å². The van der Waals surface area contributed by atoms with Gasteiger partial charge in [0.25, 0.3) is 6.47 Å². The van der Waals surface area contributed by atoms with Gasteiger partial charge in [0.05, 0.1) is 5.92 Å². The lowest BCUT2D eigenvalue weighted by Gasteiger charge is -2.26. The number of rotatable bonds is 8. The van der Waals surface area contributed by atoms with Crippen LogP contribution in [0.5, 0.6) is 5.75 Å². The smallest absolute Gasteiger partial charge is 0.330 e. The van der Waals surface area contributed by atoms with E-state index in [0.29, 0.717) is 12.2 Å². The Morgan fingerprint density at radius 2 is 1.77 bits per heavy atom. The molecule has 1 aromatic rings. The monoisotopic (exact) mass is 420 g/mol. The van der Waals surface area contributed by atoms with E-state index in [1.54, 1.807) is 0 Å². The fourth-order valence-corrected chi connectivity index (χ4v) is 2.59. The molecular formula is C23H32O7. The van der Waals surface area contributed by atoms with Crippen molar-refractivity contribution in [1.29, 1.82) is 0 Å². The van der Waals surface area contributed by atoms with Crippen LogP contribution < -0.4 is 4.74 Å². The minimum absolute atomic E-state index is 0.0691. The lowest BCUT2D eigenvalue weighted by molar-refractivity contribution is -0.164. The van der Waals surface area contributed by atoms with E-state index in [0.717, 1.165) is 12.5 Å². The van der Waals surface area contributed by atoms with Crippen LogP contribution >= 0.6 is 0 Å². The molecule has 1 aliphatic carbocycles. The molecule has 0 saturated carbocycles. The van der Waals surface area contributed by atoms with E-state index >= 15 is 0 Å². The second-order valence-electron chi connectivity index (χ2n) is 6.15. The van der Waals surface area contributed by atoms with Crippen molar-refractivity contribution in [3.05, 3.63) is 55.1 Å². The quantitative estimate of drug-likeness (QED) is 0.293. The zero-order valence-corrected chi connectivity index (χ0v) is 17.9. The summed E-state index contributed by atoms with van der Waals surface area (Å²) in [7, 11) is 0. The number of allylic oxidation sites excluding steroid dienone is 2. The number of carbonyl (C=O) groups is 3. The molecule has 0 fully saturated rings. The fraction of sp³-hybridized carbons (Fsp3) is 0.435. The molecule has 0 aromatic heterocycles. The topological polar surface area (TPSA) is 99.1 Å². The van der Waals surface area contributed by atoms with Crippen molar-refractivity contribution in [1.82, 2.24) is 0 Å². The van der Waals surface area contributed by atoms with Crippen molar-refractivity contribution in [2.45, 2.75) is 39.7 Å². The predicted octanol–water partition coefficient (Wildman–Crippen LogP) is 4.04. The molecule has 166 valence electrons. The molecule has 1 aliphatic rings. The molecule has 0 saturated heterocycles. The van der Waals surface area contributed by atoms with Gasteiger partial charge < -0.3 is 19.3 Å². The van der Waals surface area contributed by atoms with Crippen LogP contribution in [-0.4, -0.2) is 42.8 Å². The van der Waals surface area contributed by atoms with Crippen molar-refractivity contribution >= 4 is 18.4 Å². The molecule has 0 heterocycles. The highest BCUT2D eigenvalue weighted by Crippen LogP contribution is 2.26. The number of para-hydroxylation sites is 1. The van der Waals surface area contributed by atoms with Crippen LogP contribution in [0.3, 0.4) is 0 Å². The fourth-order valence-electron chi connectivity index (χ4n) is 2.59. The highest BCUT2D eigenvalue weighted by Gasteiger charge is 2.29. The summed E-state index contributed by atoms with van der Waals surface area (Å²) in [5.74, 6) is -0.140. The van der Waals surface area contributed by atoms with Crippen LogP contribution in [0.1, 0.15) is 33.6 Å². The van der Waals surface area contributed by atoms with E-state index in [2.05, 4.69) is 12.7 Å². The summed E-state index contributed by atoms with van der Waals surface area (Å²) in [5.41, 5.74) is 0. The second-order valence-corrected chi connectivity index (χ2v) is 6.15. The van der Waals surface area contributed by atoms with Crippen LogP contribution in [0.25, 0.3) is 0 Å². The third-order valence-corrected chi connectivity index (χ3v) is 4.09. The van der Waals surface area contributed by atoms with Gasteiger partial charge in [-0.2, -0.15) is 0 Å². The lowest BCUT2D eigenvalue weighted by atomic mass is 9.84. The normalized spacial score (nSPS) is 17.6. The molecule has 1 aromatic carbocycles. The van der Waals surface area contributed by atoms with Crippen molar-refractivity contribution in [3.63, 3.8) is 0 Å². The average molecular weight is 421 g/mol. The van der Waals surface area contributed by atoms with Gasteiger partial charge in [0.1, 0.15) is 19.0 Å². The molecule has 0 amide bonds. The van der Waals surface area contributed by atoms with Gasteiger partial charge in [0, 0.05) is 6.08 Å². The molecule has 0 spiro atoms. The summed E-state index contributed by atoms with van der Waals surface area (Å²) >= 11 is 0. The number of carbonyl (C=O) groups excluding carboxylic acids is 2. The van der Waals surface area contributed by atoms with E-state index in [1.807, 2.05) is 57.2 Å². The van der Waals surface area contributed by atoms with Crippen LogP contribution in [0.4, 0.5) is 0 Å². The van der Waals surface area contributed by atoms with E-state index in [9.17, 15) is 9.59 Å². The first kappa shape index (κ1) is 26.9. The van der Waals surface area contributed by atoms with Crippen LogP contribution in [0.2, 0.25) is 0 Å². The Morgan fingerprint density at radius 1 is 1.17 bits per heavy atom. The molecule has 0 radical (unpaired) electrons. The Labute approximate surface area is 178 Å². The van der Waals surface area contributed by atoms with Gasteiger partial charge >= 0.3 is 11.9 Å². The van der Waals surface area contributed by atoms with Gasteiger partial charge in [-0.15, -0.1) is 0 Å². The summed E-state index contributed by atoms with van der Waals surface area (Å²) in [6, 6.07) is 9.20. The van der Waals surface area contributed by atoms with Crippen LogP contribution in [0.15, 0.2) is 55.1 Å². The summed E-state index contributed by atoms with van der Waals surface area (Å²) in [6.45, 7) is 9.17. The SMILES string of the molecule is C=CC(=O)OCC(COc1ccccc1)OC(=O)C1CC=CCC1C.CC.O=CO. The Hall–Kier alpha value is -3.09. The van der Waals surface area contributed by atoms with Crippen molar-refractivity contribution in [3.8, 4) is 5.75 Å². The standard InChI is InChI=1S/C20H24O5.C2H6.CH2O2/c1-3-19(21)24-14-17(13-23-16-10-5-4-6-11-16)25-20(22)18-12-8-7-9-15(18)2;1-2;2-1-3/h3-8,10-11,15,17-18H,1,9,12-14H2,2H3;1-2H3;1H,(H,2,3). The number of benzene rings is 1. The van der Waals surface area contributed by atoms with Crippen molar-refractivity contribution in [2.24, 2.45) is 11.8 Å². The summed E-state index contributed by atoms with van der Waals surface area (Å²) < 4.78 is 16.2. The maximum Gasteiger partial charge on any atom is 0.330 e. The van der Waals surface area contributed by atoms with Crippen LogP contribution in [0, 0.1) is 11.8 Å². The van der Waals surface area contributed by atoms with Crippen molar-refractivity contribution < 1.29 is 33.7 Å². The Kier molecular flexibility index (Phi) is 15.1. The maximum absolute atomic E-state index is 12.5. The average Bonchev–Trinajstić information content (AvgIpc) is 2.78. The van der Waals surface area contributed by atoms with Crippen molar-refractivity contribution in [2.75, 3.05) is 13.2 Å². The zero-order chi connectivity index (χ0) is 22.8. The minimum Gasteiger partial charge on any atom is -0.490 e. The number of hydrogen-bond acceptors (Lipinski definition) is 6. The maximum atomic E-state index is 12.5. The summed E-state index contributed by atoms with van der Waals surface area (Å²) in [5, 5.41) is 6.89. The number of ether oxygens (including phenoxy) is 3. The van der Waals surface area contributed by atoms with E-state index in [4.69, 9.17) is 24.1 Å². The first-order valence-electron chi connectivity index (χ1n) is 9.92. The molecule has 0 bridgehead atoms. The van der Waals surface area contributed by atoms with Crippen LogP contribution in [-0.2, 0) is 23.9 Å². The van der Waals surface area contributed by atoms with E-state index < -0.39 is 12.1 Å². The number of hydrogen-bond donors (Lipinski definition) is 1. The number of esters is 2. The molecule has 3 unspecified atom stereocenters. The predicted molar refractivity (Wildman–Crippen MR) is 114 cm³/mol. The third kappa shape index (κ3) is 11.0. The largest absolute Gasteiger partial charge is 0.490 e. The third-order valence-electron chi connectivity index (χ3n) is 4.09. The Bertz CT molecular complexity index is 655. The first-order valence-corrected chi connectivity index (χ1v) is 9.92. The molecule has 7 heteroatoms. The summed E-state index contributed by atoms with van der Waals surface area (Å²) in [6.07, 6.45) is 6.00. The Balaban J connectivity index is 0.00000154. The molecular weight excluding hydrogens is 388 g/mol. The van der Waals surface area contributed by atoms with E-state index in [-0.39, 0.29) is 37.5 Å². The minimum atomic E-state index is -0.672. The first-order chi connectivity index (χ1) is 14.5. The molecule has 7 nitrogen and oxygen atoms in total. The molecule has 2 rings (SSSR count). The molecule has 0 aliphatic heterocycles. The number of carboxylic acid groups (broad SMARTS) is 1. The lowest BCUT2D eigenvalue weighted by Crippen LogP contribution is -2.35. The van der Waals surface area contributed by atoms with Gasteiger partial charge in [-0.3, -0.25) is 9.59 Å².